The number of nitrogens with two attached hydrogens (primary N) is 1. The molecular formula is C14H21NO2S. The highest BCUT2D eigenvalue weighted by molar-refractivity contribution is 7.98. The van der Waals surface area contributed by atoms with Crippen LogP contribution in [0.25, 0.3) is 0 Å². The zero-order valence-corrected chi connectivity index (χ0v) is 12.2. The van der Waals surface area contributed by atoms with E-state index < -0.39 is 11.6 Å². The van der Waals surface area contributed by atoms with Gasteiger partial charge in [-0.15, -0.1) is 11.8 Å². The summed E-state index contributed by atoms with van der Waals surface area (Å²) in [6.45, 7) is 5.51. The molecule has 1 aromatic carbocycles. The Morgan fingerprint density at radius 3 is 2.33 bits per heavy atom. The van der Waals surface area contributed by atoms with Crippen LogP contribution < -0.4 is 5.73 Å². The topological polar surface area (TPSA) is 52.3 Å². The van der Waals surface area contributed by atoms with Gasteiger partial charge in [0, 0.05) is 4.90 Å². The Balaban J connectivity index is 2.58. The summed E-state index contributed by atoms with van der Waals surface area (Å²) < 4.78 is 5.25. The van der Waals surface area contributed by atoms with Crippen molar-refractivity contribution in [3.63, 3.8) is 0 Å². The quantitative estimate of drug-likeness (QED) is 0.673. The fourth-order valence-corrected chi connectivity index (χ4v) is 1.88. The summed E-state index contributed by atoms with van der Waals surface area (Å²) >= 11 is 1.69. The summed E-state index contributed by atoms with van der Waals surface area (Å²) in [6, 6.07) is 7.44. The average molecular weight is 267 g/mol. The minimum absolute atomic E-state index is 0.351. The smallest absolute Gasteiger partial charge is 0.323 e. The molecule has 0 aliphatic heterocycles. The van der Waals surface area contributed by atoms with Gasteiger partial charge in [0.25, 0.3) is 0 Å². The van der Waals surface area contributed by atoms with Crippen LogP contribution in [0.4, 0.5) is 0 Å². The lowest BCUT2D eigenvalue weighted by Crippen LogP contribution is -2.38. The van der Waals surface area contributed by atoms with E-state index in [1.54, 1.807) is 11.8 Å². The number of ether oxygens (including phenoxy) is 1. The Hall–Kier alpha value is -1.00. The van der Waals surface area contributed by atoms with Crippen LogP contribution in [0.1, 0.15) is 26.3 Å². The van der Waals surface area contributed by atoms with Crippen molar-refractivity contribution in [2.75, 3.05) is 6.26 Å². The molecule has 100 valence electrons. The highest BCUT2D eigenvalue weighted by atomic mass is 32.2. The molecule has 0 heterocycles. The number of thioether (sulfide) groups is 1. The number of hydrogen-bond donors (Lipinski definition) is 1. The third-order valence-electron chi connectivity index (χ3n) is 2.32. The molecule has 0 saturated carbocycles. The first kappa shape index (κ1) is 15.1. The molecule has 0 spiro atoms. The van der Waals surface area contributed by atoms with E-state index in [0.717, 1.165) is 5.56 Å². The van der Waals surface area contributed by atoms with Crippen molar-refractivity contribution in [2.24, 2.45) is 5.73 Å². The van der Waals surface area contributed by atoms with Crippen LogP contribution in [0.5, 0.6) is 0 Å². The lowest BCUT2D eigenvalue weighted by Gasteiger charge is -2.22. The van der Waals surface area contributed by atoms with E-state index in [4.69, 9.17) is 10.5 Å². The van der Waals surface area contributed by atoms with Crippen molar-refractivity contribution >= 4 is 17.7 Å². The molecular weight excluding hydrogens is 246 g/mol. The van der Waals surface area contributed by atoms with Gasteiger partial charge in [-0.2, -0.15) is 0 Å². The molecule has 1 rings (SSSR count). The second-order valence-corrected chi connectivity index (χ2v) is 6.07. The number of carbonyl (C=O) groups is 1. The van der Waals surface area contributed by atoms with E-state index >= 15 is 0 Å². The monoisotopic (exact) mass is 267 g/mol. The Kier molecular flexibility index (Phi) is 5.23. The van der Waals surface area contributed by atoms with E-state index in [1.165, 1.54) is 4.90 Å². The summed E-state index contributed by atoms with van der Waals surface area (Å²) in [5.74, 6) is -0.351. The molecule has 0 saturated heterocycles. The van der Waals surface area contributed by atoms with Gasteiger partial charge in [-0.05, 0) is 51.1 Å². The lowest BCUT2D eigenvalue weighted by molar-refractivity contribution is -0.156. The molecule has 0 radical (unpaired) electrons. The maximum atomic E-state index is 11.7. The lowest BCUT2D eigenvalue weighted by atomic mass is 10.1. The van der Waals surface area contributed by atoms with Crippen molar-refractivity contribution in [2.45, 2.75) is 43.7 Å². The molecule has 0 aliphatic rings. The standard InChI is InChI=1S/C14H21NO2S/c1-14(2,3)17-13(16)12(15)9-10-5-7-11(18-4)8-6-10/h5-8,12H,9,15H2,1-4H3. The van der Waals surface area contributed by atoms with Gasteiger partial charge < -0.3 is 10.5 Å². The average Bonchev–Trinajstić information content (AvgIpc) is 2.27. The Morgan fingerprint density at radius 1 is 1.33 bits per heavy atom. The first-order valence-corrected chi connectivity index (χ1v) is 7.15. The van der Waals surface area contributed by atoms with Crippen molar-refractivity contribution in [1.82, 2.24) is 0 Å². The van der Waals surface area contributed by atoms with Gasteiger partial charge in [-0.25, -0.2) is 0 Å². The summed E-state index contributed by atoms with van der Waals surface area (Å²) in [4.78, 5) is 12.9. The maximum absolute atomic E-state index is 11.7. The van der Waals surface area contributed by atoms with E-state index in [9.17, 15) is 4.79 Å². The van der Waals surface area contributed by atoms with E-state index in [-0.39, 0.29) is 5.97 Å². The summed E-state index contributed by atoms with van der Waals surface area (Å²) in [5.41, 5.74) is 6.41. The van der Waals surface area contributed by atoms with Crippen LogP contribution in [-0.2, 0) is 16.0 Å². The predicted octanol–water partition coefficient (Wildman–Crippen LogP) is 2.62. The van der Waals surface area contributed by atoms with Crippen LogP contribution in [0.15, 0.2) is 29.2 Å². The summed E-state index contributed by atoms with van der Waals surface area (Å²) in [5, 5.41) is 0. The number of hydrogen-bond acceptors (Lipinski definition) is 4. The molecule has 0 amide bonds. The van der Waals surface area contributed by atoms with Crippen LogP contribution in [0.3, 0.4) is 0 Å². The molecule has 0 aliphatic carbocycles. The SMILES string of the molecule is CSc1ccc(CC(N)C(=O)OC(C)(C)C)cc1. The third-order valence-corrected chi connectivity index (χ3v) is 3.07. The third kappa shape index (κ3) is 5.10. The highest BCUT2D eigenvalue weighted by Crippen LogP contribution is 2.16. The largest absolute Gasteiger partial charge is 0.459 e. The summed E-state index contributed by atoms with van der Waals surface area (Å²) in [7, 11) is 0. The van der Waals surface area contributed by atoms with Gasteiger partial charge in [-0.1, -0.05) is 12.1 Å². The van der Waals surface area contributed by atoms with Gasteiger partial charge in [-0.3, -0.25) is 4.79 Å². The molecule has 3 nitrogen and oxygen atoms in total. The van der Waals surface area contributed by atoms with Gasteiger partial charge in [0.2, 0.25) is 0 Å². The highest BCUT2D eigenvalue weighted by Gasteiger charge is 2.22. The van der Waals surface area contributed by atoms with Gasteiger partial charge in [0.1, 0.15) is 11.6 Å². The number of carbonyl (C=O) groups excluding carboxylic acids is 1. The molecule has 4 heteroatoms. The van der Waals surface area contributed by atoms with E-state index in [1.807, 2.05) is 51.3 Å². The first-order valence-electron chi connectivity index (χ1n) is 5.93. The van der Waals surface area contributed by atoms with Crippen LogP contribution in [-0.4, -0.2) is 23.9 Å². The normalized spacial score (nSPS) is 13.2. The van der Waals surface area contributed by atoms with Crippen LogP contribution >= 0.6 is 11.8 Å². The number of rotatable bonds is 4. The van der Waals surface area contributed by atoms with E-state index in [0.29, 0.717) is 6.42 Å². The first-order chi connectivity index (χ1) is 8.31. The fourth-order valence-electron chi connectivity index (χ4n) is 1.48. The maximum Gasteiger partial charge on any atom is 0.323 e. The van der Waals surface area contributed by atoms with Crippen molar-refractivity contribution in [3.05, 3.63) is 29.8 Å². The molecule has 0 fully saturated rings. The second kappa shape index (κ2) is 6.25. The van der Waals surface area contributed by atoms with Crippen LogP contribution in [0, 0.1) is 0 Å². The Morgan fingerprint density at radius 2 is 1.89 bits per heavy atom. The molecule has 2 N–H and O–H groups in total. The minimum Gasteiger partial charge on any atom is -0.459 e. The van der Waals surface area contributed by atoms with Crippen molar-refractivity contribution < 1.29 is 9.53 Å². The van der Waals surface area contributed by atoms with E-state index in [2.05, 4.69) is 0 Å². The van der Waals surface area contributed by atoms with Gasteiger partial charge >= 0.3 is 5.97 Å². The molecule has 1 unspecified atom stereocenters. The zero-order chi connectivity index (χ0) is 13.8. The molecule has 1 atom stereocenters. The Labute approximate surface area is 113 Å². The number of esters is 1. The Bertz CT molecular complexity index is 395. The van der Waals surface area contributed by atoms with Gasteiger partial charge in [0.05, 0.1) is 0 Å². The predicted molar refractivity (Wildman–Crippen MR) is 75.7 cm³/mol. The second-order valence-electron chi connectivity index (χ2n) is 5.19. The van der Waals surface area contributed by atoms with Crippen molar-refractivity contribution in [1.29, 1.82) is 0 Å². The fraction of sp³-hybridized carbons (Fsp3) is 0.500. The van der Waals surface area contributed by atoms with Gasteiger partial charge in [0.15, 0.2) is 0 Å². The molecule has 18 heavy (non-hydrogen) atoms. The summed E-state index contributed by atoms with van der Waals surface area (Å²) in [6.07, 6.45) is 2.53. The minimum atomic E-state index is -0.607. The van der Waals surface area contributed by atoms with Crippen molar-refractivity contribution in [3.8, 4) is 0 Å². The molecule has 0 bridgehead atoms. The molecule has 0 aromatic heterocycles. The number of benzene rings is 1. The zero-order valence-electron chi connectivity index (χ0n) is 11.4. The molecule has 1 aromatic rings. The van der Waals surface area contributed by atoms with Crippen LogP contribution in [0.2, 0.25) is 0 Å².